The van der Waals surface area contributed by atoms with Crippen LogP contribution in [0, 0.1) is 5.92 Å². The van der Waals surface area contributed by atoms with Gasteiger partial charge >= 0.3 is 0 Å². The van der Waals surface area contributed by atoms with E-state index in [0.29, 0.717) is 12.1 Å². The molecule has 2 aliphatic rings. The molecule has 0 bridgehead atoms. The van der Waals surface area contributed by atoms with Crippen molar-refractivity contribution in [3.8, 4) is 0 Å². The molecular formula is C18H21N3. The van der Waals surface area contributed by atoms with Gasteiger partial charge in [0.25, 0.3) is 0 Å². The third kappa shape index (κ3) is 2.37. The van der Waals surface area contributed by atoms with Crippen LogP contribution in [0.2, 0.25) is 0 Å². The van der Waals surface area contributed by atoms with Crippen LogP contribution in [0.15, 0.2) is 48.7 Å². The molecular weight excluding hydrogens is 258 g/mol. The predicted octanol–water partition coefficient (Wildman–Crippen LogP) is 3.85. The van der Waals surface area contributed by atoms with E-state index in [1.807, 2.05) is 12.3 Å². The van der Waals surface area contributed by atoms with Crippen LogP contribution >= 0.6 is 0 Å². The molecule has 1 aromatic carbocycles. The van der Waals surface area contributed by atoms with Crippen molar-refractivity contribution < 1.29 is 0 Å². The van der Waals surface area contributed by atoms with E-state index in [1.165, 1.54) is 29.9 Å². The Morgan fingerprint density at radius 2 is 1.90 bits per heavy atom. The van der Waals surface area contributed by atoms with Crippen LogP contribution in [0.3, 0.4) is 0 Å². The smallest absolute Gasteiger partial charge is 0.0859 e. The summed E-state index contributed by atoms with van der Waals surface area (Å²) in [5, 5.41) is 3.68. The third-order valence-electron chi connectivity index (χ3n) is 4.78. The summed E-state index contributed by atoms with van der Waals surface area (Å²) in [6, 6.07) is 15.7. The minimum atomic E-state index is 0.311. The predicted molar refractivity (Wildman–Crippen MR) is 86.6 cm³/mol. The van der Waals surface area contributed by atoms with E-state index >= 15 is 0 Å². The molecule has 0 saturated heterocycles. The van der Waals surface area contributed by atoms with Crippen LogP contribution in [0.25, 0.3) is 0 Å². The molecule has 1 aliphatic carbocycles. The first kappa shape index (κ1) is 12.7. The van der Waals surface area contributed by atoms with Gasteiger partial charge in [0.2, 0.25) is 0 Å². The molecule has 2 unspecified atom stereocenters. The molecule has 1 aliphatic heterocycles. The Balaban J connectivity index is 1.67. The molecule has 108 valence electrons. The highest BCUT2D eigenvalue weighted by Gasteiger charge is 2.40. The first-order valence-electron chi connectivity index (χ1n) is 7.82. The lowest BCUT2D eigenvalue weighted by molar-refractivity contribution is 0.459. The fourth-order valence-corrected chi connectivity index (χ4v) is 3.52. The fourth-order valence-electron chi connectivity index (χ4n) is 3.52. The largest absolute Gasteiger partial charge is 0.376 e. The Morgan fingerprint density at radius 1 is 1.10 bits per heavy atom. The van der Waals surface area contributed by atoms with Crippen molar-refractivity contribution in [3.05, 3.63) is 54.4 Å². The van der Waals surface area contributed by atoms with Crippen molar-refractivity contribution in [2.45, 2.75) is 31.3 Å². The number of hydrogen-bond acceptors (Lipinski definition) is 3. The molecule has 1 N–H and O–H groups in total. The number of hydrogen-bond donors (Lipinski definition) is 1. The Hall–Kier alpha value is -2.03. The highest BCUT2D eigenvalue weighted by Crippen LogP contribution is 2.45. The Kier molecular flexibility index (Phi) is 3.06. The summed E-state index contributed by atoms with van der Waals surface area (Å²) in [7, 11) is 2.22. The van der Waals surface area contributed by atoms with Crippen molar-refractivity contribution in [3.63, 3.8) is 0 Å². The lowest BCUT2D eigenvalue weighted by Gasteiger charge is -2.40. The molecule has 1 aromatic heterocycles. The van der Waals surface area contributed by atoms with Crippen LogP contribution in [0.4, 0.5) is 11.4 Å². The van der Waals surface area contributed by atoms with Gasteiger partial charge in [-0.2, -0.15) is 0 Å². The summed E-state index contributed by atoms with van der Waals surface area (Å²) in [6.45, 7) is 0. The van der Waals surface area contributed by atoms with E-state index in [0.717, 1.165) is 12.3 Å². The van der Waals surface area contributed by atoms with E-state index in [1.54, 1.807) is 0 Å². The van der Waals surface area contributed by atoms with Gasteiger partial charge < -0.3 is 10.2 Å². The number of fused-ring (bicyclic) bond motifs is 1. The molecule has 0 spiro atoms. The van der Waals surface area contributed by atoms with Gasteiger partial charge in [-0.1, -0.05) is 18.2 Å². The number of para-hydroxylation sites is 1. The second-order valence-corrected chi connectivity index (χ2v) is 6.22. The van der Waals surface area contributed by atoms with Crippen molar-refractivity contribution >= 4 is 11.4 Å². The minimum Gasteiger partial charge on any atom is -0.376 e. The first-order chi connectivity index (χ1) is 10.3. The second kappa shape index (κ2) is 5.06. The molecule has 2 heterocycles. The van der Waals surface area contributed by atoms with E-state index in [4.69, 9.17) is 0 Å². The molecule has 3 heteroatoms. The van der Waals surface area contributed by atoms with Gasteiger partial charge in [-0.05, 0) is 49.4 Å². The first-order valence-corrected chi connectivity index (χ1v) is 7.82. The van der Waals surface area contributed by atoms with Gasteiger partial charge in [0.05, 0.1) is 17.4 Å². The van der Waals surface area contributed by atoms with Gasteiger partial charge in [0, 0.05) is 25.0 Å². The van der Waals surface area contributed by atoms with Crippen molar-refractivity contribution in [2.24, 2.45) is 5.92 Å². The van der Waals surface area contributed by atoms with E-state index in [2.05, 4.69) is 58.6 Å². The quantitative estimate of drug-likeness (QED) is 0.925. The average Bonchev–Trinajstić information content (AvgIpc) is 3.36. The van der Waals surface area contributed by atoms with Crippen LogP contribution in [-0.2, 0) is 0 Å². The number of anilines is 2. The molecule has 1 saturated carbocycles. The summed E-state index contributed by atoms with van der Waals surface area (Å²) in [6.07, 6.45) is 5.80. The van der Waals surface area contributed by atoms with Crippen LogP contribution in [0.1, 0.15) is 31.0 Å². The maximum atomic E-state index is 4.66. The zero-order valence-electron chi connectivity index (χ0n) is 12.4. The standard InChI is InChI=1S/C18H21N3/c1-21-16-8-5-11-19-18(16)15(12-17(21)13-9-10-13)20-14-6-3-2-4-7-14/h2-8,11,13,15,17,20H,9-10,12H2,1H3. The van der Waals surface area contributed by atoms with Crippen LogP contribution in [-0.4, -0.2) is 18.1 Å². The highest BCUT2D eigenvalue weighted by molar-refractivity contribution is 5.57. The SMILES string of the molecule is CN1c2cccnc2C(Nc2ccccc2)CC1C1CC1. The molecule has 2 aromatic rings. The van der Waals surface area contributed by atoms with E-state index in [-0.39, 0.29) is 0 Å². The number of aromatic nitrogens is 1. The Morgan fingerprint density at radius 3 is 2.67 bits per heavy atom. The number of benzene rings is 1. The van der Waals surface area contributed by atoms with E-state index < -0.39 is 0 Å². The maximum Gasteiger partial charge on any atom is 0.0859 e. The van der Waals surface area contributed by atoms with Crippen molar-refractivity contribution in [1.82, 2.24) is 4.98 Å². The van der Waals surface area contributed by atoms with Crippen molar-refractivity contribution in [1.29, 1.82) is 0 Å². The monoisotopic (exact) mass is 279 g/mol. The topological polar surface area (TPSA) is 28.2 Å². The number of rotatable bonds is 3. The second-order valence-electron chi connectivity index (χ2n) is 6.22. The lowest BCUT2D eigenvalue weighted by Crippen LogP contribution is -2.41. The maximum absolute atomic E-state index is 4.66. The lowest BCUT2D eigenvalue weighted by atomic mass is 9.92. The summed E-state index contributed by atoms with van der Waals surface area (Å²) in [5.74, 6) is 0.864. The Labute approximate surface area is 126 Å². The van der Waals surface area contributed by atoms with Gasteiger partial charge in [-0.15, -0.1) is 0 Å². The average molecular weight is 279 g/mol. The van der Waals surface area contributed by atoms with Crippen molar-refractivity contribution in [2.75, 3.05) is 17.3 Å². The molecule has 2 atom stereocenters. The normalized spacial score (nSPS) is 24.5. The number of pyridine rings is 1. The Bertz CT molecular complexity index is 621. The van der Waals surface area contributed by atoms with Gasteiger partial charge in [0.15, 0.2) is 0 Å². The molecule has 21 heavy (non-hydrogen) atoms. The third-order valence-corrected chi connectivity index (χ3v) is 4.78. The summed E-state index contributed by atoms with van der Waals surface area (Å²) in [5.41, 5.74) is 3.65. The molecule has 0 amide bonds. The van der Waals surface area contributed by atoms with Gasteiger partial charge in [-0.25, -0.2) is 0 Å². The zero-order valence-corrected chi connectivity index (χ0v) is 12.4. The fraction of sp³-hybridized carbons (Fsp3) is 0.389. The highest BCUT2D eigenvalue weighted by atomic mass is 15.2. The molecule has 3 nitrogen and oxygen atoms in total. The molecule has 0 radical (unpaired) electrons. The minimum absolute atomic E-state index is 0.311. The molecule has 1 fully saturated rings. The zero-order chi connectivity index (χ0) is 14.2. The number of nitrogens with one attached hydrogen (secondary N) is 1. The van der Waals surface area contributed by atoms with Gasteiger partial charge in [-0.3, -0.25) is 4.98 Å². The van der Waals surface area contributed by atoms with Crippen LogP contribution in [0.5, 0.6) is 0 Å². The van der Waals surface area contributed by atoms with Gasteiger partial charge in [0.1, 0.15) is 0 Å². The van der Waals surface area contributed by atoms with E-state index in [9.17, 15) is 0 Å². The summed E-state index contributed by atoms with van der Waals surface area (Å²) >= 11 is 0. The summed E-state index contributed by atoms with van der Waals surface area (Å²) in [4.78, 5) is 7.10. The number of nitrogens with zero attached hydrogens (tertiary/aromatic N) is 2. The summed E-state index contributed by atoms with van der Waals surface area (Å²) < 4.78 is 0. The van der Waals surface area contributed by atoms with Crippen LogP contribution < -0.4 is 10.2 Å². The molecule has 4 rings (SSSR count).